The summed E-state index contributed by atoms with van der Waals surface area (Å²) in [6.45, 7) is 7.55. The molecule has 5 N–H and O–H groups in total. The number of nitrogens with one attached hydrogen (secondary N) is 2. The van der Waals surface area contributed by atoms with Crippen LogP contribution in [-0.2, 0) is 0 Å². The van der Waals surface area contributed by atoms with E-state index in [1.165, 1.54) is 0 Å². The number of nitrogens with two attached hydrogens (primary N) is 1. The van der Waals surface area contributed by atoms with Crippen LogP contribution in [0.2, 0.25) is 0 Å². The Bertz CT molecular complexity index is 1050. The zero-order valence-electron chi connectivity index (χ0n) is 16.2. The smallest absolute Gasteiger partial charge is 0.171 e. The molecule has 0 aliphatic carbocycles. The molecule has 3 rings (SSSR count). The van der Waals surface area contributed by atoms with Crippen LogP contribution >= 0.6 is 0 Å². The molecule has 0 saturated heterocycles. The first-order valence-corrected chi connectivity index (χ1v) is 8.82. The second-order valence-corrected chi connectivity index (χ2v) is 5.52. The van der Waals surface area contributed by atoms with E-state index in [2.05, 4.69) is 26.7 Å². The molecule has 0 aliphatic heterocycles. The number of nitrogens with zero attached hydrogens (tertiary/aromatic N) is 3. The summed E-state index contributed by atoms with van der Waals surface area (Å²) < 4.78 is 0. The van der Waals surface area contributed by atoms with Gasteiger partial charge in [-0.15, -0.1) is 0 Å². The van der Waals surface area contributed by atoms with E-state index >= 15 is 0 Å². The average molecular weight is 376 g/mol. The van der Waals surface area contributed by atoms with Gasteiger partial charge in [0.1, 0.15) is 17.2 Å². The van der Waals surface area contributed by atoms with Gasteiger partial charge in [-0.25, -0.2) is 4.98 Å². The van der Waals surface area contributed by atoms with Crippen LogP contribution in [0.3, 0.4) is 0 Å². The highest BCUT2D eigenvalue weighted by Crippen LogP contribution is 2.22. The Hall–Kier alpha value is -3.74. The van der Waals surface area contributed by atoms with Gasteiger partial charge in [-0.1, -0.05) is 44.2 Å². The Morgan fingerprint density at radius 1 is 1.14 bits per heavy atom. The fraction of sp³-hybridized carbons (Fsp3) is 0.143. The summed E-state index contributed by atoms with van der Waals surface area (Å²) in [4.78, 5) is 15.7. The summed E-state index contributed by atoms with van der Waals surface area (Å²) in [5.41, 5.74) is 8.77. The molecule has 28 heavy (non-hydrogen) atoms. The van der Waals surface area contributed by atoms with Crippen LogP contribution < -0.4 is 5.73 Å². The number of imidazole rings is 1. The van der Waals surface area contributed by atoms with Gasteiger partial charge in [-0.05, 0) is 24.9 Å². The van der Waals surface area contributed by atoms with Crippen molar-refractivity contribution in [1.82, 2.24) is 9.97 Å². The second kappa shape index (κ2) is 9.27. The van der Waals surface area contributed by atoms with Crippen LogP contribution in [0.1, 0.15) is 30.8 Å². The minimum Gasteiger partial charge on any atom is -0.504 e. The van der Waals surface area contributed by atoms with Crippen molar-refractivity contribution in [2.75, 3.05) is 7.05 Å². The molecule has 7 heteroatoms. The second-order valence-electron chi connectivity index (χ2n) is 5.52. The van der Waals surface area contributed by atoms with E-state index in [0.717, 1.165) is 5.56 Å². The van der Waals surface area contributed by atoms with Crippen LogP contribution in [-0.4, -0.2) is 40.4 Å². The number of hydrogen-bond acceptors (Lipinski definition) is 5. The number of aromatic nitrogens is 2. The highest BCUT2D eigenvalue weighted by atomic mass is 16.3. The SMILES string of the molecule is C=N/C(=C(/O)C(=NC)c1nc2ccc(C(=N)N)cc2[nH]1)c1ccccc1.CC. The fourth-order valence-corrected chi connectivity index (χ4v) is 2.62. The van der Waals surface area contributed by atoms with E-state index in [1.807, 2.05) is 44.2 Å². The number of hydrogen-bond donors (Lipinski definition) is 4. The molecule has 0 aliphatic rings. The molecule has 0 fully saturated rings. The van der Waals surface area contributed by atoms with Crippen molar-refractivity contribution in [1.29, 1.82) is 5.41 Å². The van der Waals surface area contributed by atoms with E-state index in [4.69, 9.17) is 11.1 Å². The van der Waals surface area contributed by atoms with Crippen molar-refractivity contribution in [2.45, 2.75) is 13.8 Å². The molecular weight excluding hydrogens is 352 g/mol. The summed E-state index contributed by atoms with van der Waals surface area (Å²) >= 11 is 0. The molecule has 2 aromatic carbocycles. The van der Waals surface area contributed by atoms with E-state index in [-0.39, 0.29) is 17.3 Å². The van der Waals surface area contributed by atoms with Gasteiger partial charge in [0.2, 0.25) is 0 Å². The van der Waals surface area contributed by atoms with E-state index in [1.54, 1.807) is 25.2 Å². The topological polar surface area (TPSA) is 124 Å². The largest absolute Gasteiger partial charge is 0.504 e. The van der Waals surface area contributed by atoms with Crippen molar-refractivity contribution in [3.05, 3.63) is 71.2 Å². The lowest BCUT2D eigenvalue weighted by molar-refractivity contribution is 0.445. The van der Waals surface area contributed by atoms with Crippen LogP contribution in [0, 0.1) is 5.41 Å². The number of allylic oxidation sites excluding steroid dienone is 1. The Morgan fingerprint density at radius 2 is 1.82 bits per heavy atom. The van der Waals surface area contributed by atoms with Crippen molar-refractivity contribution in [2.24, 2.45) is 15.7 Å². The number of benzene rings is 2. The number of aliphatic hydroxyl groups excluding tert-OH is 1. The van der Waals surface area contributed by atoms with E-state index in [0.29, 0.717) is 28.1 Å². The Kier molecular flexibility index (Phi) is 6.81. The van der Waals surface area contributed by atoms with E-state index in [9.17, 15) is 5.11 Å². The zero-order valence-corrected chi connectivity index (χ0v) is 16.2. The Balaban J connectivity index is 0.00000136. The van der Waals surface area contributed by atoms with Crippen LogP contribution in [0.25, 0.3) is 16.7 Å². The molecule has 0 unspecified atom stereocenters. The monoisotopic (exact) mass is 376 g/mol. The van der Waals surface area contributed by atoms with Gasteiger partial charge in [-0.3, -0.25) is 15.4 Å². The molecule has 3 aromatic rings. The number of nitrogen functional groups attached to an aromatic ring is 1. The first kappa shape index (κ1) is 20.6. The third kappa shape index (κ3) is 4.15. The number of amidine groups is 1. The minimum absolute atomic E-state index is 0.0302. The lowest BCUT2D eigenvalue weighted by Crippen LogP contribution is -2.10. The van der Waals surface area contributed by atoms with Gasteiger partial charge in [0.25, 0.3) is 0 Å². The van der Waals surface area contributed by atoms with Gasteiger partial charge in [-0.2, -0.15) is 0 Å². The standard InChI is InChI=1S/C19H18N6O.C2H6/c1-22-15(11-6-4-3-5-7-11)17(26)16(23-2)19-24-13-9-8-12(18(20)21)10-14(13)25-19;1-2/h3-10,26H,1H2,2H3,(H3,20,21)(H,24,25);1-2H3/b17-15+,23-16?;. The maximum Gasteiger partial charge on any atom is 0.171 e. The van der Waals surface area contributed by atoms with E-state index < -0.39 is 0 Å². The molecule has 0 bridgehead atoms. The van der Waals surface area contributed by atoms with Crippen LogP contribution in [0.4, 0.5) is 0 Å². The summed E-state index contributed by atoms with van der Waals surface area (Å²) in [6.07, 6.45) is 0. The summed E-state index contributed by atoms with van der Waals surface area (Å²) in [5, 5.41) is 18.3. The third-order valence-corrected chi connectivity index (χ3v) is 3.89. The number of aliphatic imine (C=N–C) groups is 2. The molecular formula is C21H24N6O. The number of fused-ring (bicyclic) bond motifs is 1. The maximum absolute atomic E-state index is 10.7. The summed E-state index contributed by atoms with van der Waals surface area (Å²) in [6, 6.07) is 14.4. The molecule has 1 aromatic heterocycles. The number of aliphatic hydroxyl groups is 1. The van der Waals surface area contributed by atoms with Crippen molar-refractivity contribution >= 4 is 35.0 Å². The maximum atomic E-state index is 10.7. The first-order valence-electron chi connectivity index (χ1n) is 8.82. The predicted molar refractivity (Wildman–Crippen MR) is 116 cm³/mol. The van der Waals surface area contributed by atoms with Gasteiger partial charge in [0.05, 0.1) is 11.0 Å². The quantitative estimate of drug-likeness (QED) is 0.306. The van der Waals surface area contributed by atoms with Crippen LogP contribution in [0.15, 0.2) is 64.3 Å². The number of H-pyrrole nitrogens is 1. The van der Waals surface area contributed by atoms with Crippen LogP contribution in [0.5, 0.6) is 0 Å². The van der Waals surface area contributed by atoms with Crippen molar-refractivity contribution in [3.63, 3.8) is 0 Å². The summed E-state index contributed by atoms with van der Waals surface area (Å²) in [5.74, 6) is 0.231. The van der Waals surface area contributed by atoms with Gasteiger partial charge in [0, 0.05) is 18.2 Å². The summed E-state index contributed by atoms with van der Waals surface area (Å²) in [7, 11) is 1.56. The third-order valence-electron chi connectivity index (χ3n) is 3.89. The molecule has 0 saturated carbocycles. The number of rotatable bonds is 5. The molecule has 144 valence electrons. The highest BCUT2D eigenvalue weighted by molar-refractivity contribution is 6.14. The molecule has 0 spiro atoms. The molecule has 7 nitrogen and oxygen atoms in total. The lowest BCUT2D eigenvalue weighted by Gasteiger charge is -2.07. The van der Waals surface area contributed by atoms with Crippen molar-refractivity contribution < 1.29 is 5.11 Å². The predicted octanol–water partition coefficient (Wildman–Crippen LogP) is 3.92. The first-order chi connectivity index (χ1) is 13.5. The fourth-order valence-electron chi connectivity index (χ4n) is 2.62. The Labute approximate surface area is 163 Å². The van der Waals surface area contributed by atoms with Gasteiger partial charge >= 0.3 is 0 Å². The van der Waals surface area contributed by atoms with Crippen molar-refractivity contribution in [3.8, 4) is 0 Å². The van der Waals surface area contributed by atoms with Gasteiger partial charge < -0.3 is 15.8 Å². The lowest BCUT2D eigenvalue weighted by atomic mass is 10.1. The normalized spacial score (nSPS) is 12.0. The van der Waals surface area contributed by atoms with Gasteiger partial charge in [0.15, 0.2) is 11.6 Å². The average Bonchev–Trinajstić information content (AvgIpc) is 3.14. The highest BCUT2D eigenvalue weighted by Gasteiger charge is 2.18. The molecule has 1 heterocycles. The molecule has 0 radical (unpaired) electrons. The Morgan fingerprint density at radius 3 is 2.39 bits per heavy atom. The zero-order chi connectivity index (χ0) is 20.7. The molecule has 0 atom stereocenters. The number of aromatic amines is 1. The molecule has 0 amide bonds. The minimum atomic E-state index is -0.125.